The quantitative estimate of drug-likeness (QED) is 0.638. The lowest BCUT2D eigenvalue weighted by molar-refractivity contribution is -0.895. The van der Waals surface area contributed by atoms with Gasteiger partial charge in [-0.3, -0.25) is 4.79 Å². The second-order valence-corrected chi connectivity index (χ2v) is 8.11. The van der Waals surface area contributed by atoms with Crippen molar-refractivity contribution in [3.63, 3.8) is 0 Å². The number of carbonyl (C=O) groups is 1. The average Bonchev–Trinajstić information content (AvgIpc) is 2.59. The number of rotatable bonds is 5. The topological polar surface area (TPSA) is 58.0 Å². The molecule has 0 bridgehead atoms. The molecule has 0 atom stereocenters. The molecule has 0 radical (unpaired) electrons. The summed E-state index contributed by atoms with van der Waals surface area (Å²) in [5.74, 6) is 0.965. The predicted octanol–water partition coefficient (Wildman–Crippen LogP) is 0.185. The zero-order valence-corrected chi connectivity index (χ0v) is 17.0. The van der Waals surface area contributed by atoms with Crippen LogP contribution >= 0.6 is 12.2 Å². The van der Waals surface area contributed by atoms with E-state index in [9.17, 15) is 4.79 Å². The number of carbonyl (C=O) groups excluding carboxylic acids is 1. The number of nitrogens with one attached hydrogen (secondary N) is 3. The molecule has 0 saturated carbocycles. The van der Waals surface area contributed by atoms with Gasteiger partial charge in [-0.1, -0.05) is 12.1 Å². The summed E-state index contributed by atoms with van der Waals surface area (Å²) in [7, 11) is 1.66. The molecular weight excluding hydrogens is 348 g/mol. The van der Waals surface area contributed by atoms with E-state index in [1.54, 1.807) is 7.11 Å². The maximum atomic E-state index is 12.1. The van der Waals surface area contributed by atoms with Crippen LogP contribution in [0.2, 0.25) is 0 Å². The molecule has 1 aromatic rings. The van der Waals surface area contributed by atoms with Crippen molar-refractivity contribution in [2.75, 3.05) is 39.8 Å². The largest absolute Gasteiger partial charge is 0.497 e. The maximum Gasteiger partial charge on any atom is 0.275 e. The third-order valence-corrected chi connectivity index (χ3v) is 4.69. The number of hydrogen-bond acceptors (Lipinski definition) is 3. The predicted molar refractivity (Wildman–Crippen MR) is 107 cm³/mol. The van der Waals surface area contributed by atoms with Gasteiger partial charge in [-0.05, 0) is 50.7 Å². The van der Waals surface area contributed by atoms with Crippen molar-refractivity contribution in [1.29, 1.82) is 0 Å². The molecule has 1 saturated heterocycles. The molecule has 0 unspecified atom stereocenters. The van der Waals surface area contributed by atoms with E-state index in [0.717, 1.165) is 42.6 Å². The van der Waals surface area contributed by atoms with Crippen LogP contribution in [0.15, 0.2) is 24.3 Å². The number of hydrogen-bond donors (Lipinski definition) is 3. The van der Waals surface area contributed by atoms with Gasteiger partial charge in [0, 0.05) is 12.1 Å². The molecule has 26 heavy (non-hydrogen) atoms. The lowest BCUT2D eigenvalue weighted by Crippen LogP contribution is -3.16. The summed E-state index contributed by atoms with van der Waals surface area (Å²) < 4.78 is 5.17. The Balaban J connectivity index is 1.71. The van der Waals surface area contributed by atoms with Crippen molar-refractivity contribution in [3.05, 3.63) is 29.8 Å². The van der Waals surface area contributed by atoms with Gasteiger partial charge >= 0.3 is 0 Å². The number of amides is 1. The van der Waals surface area contributed by atoms with Gasteiger partial charge in [-0.15, -0.1) is 0 Å². The lowest BCUT2D eigenvalue weighted by Gasteiger charge is -2.34. The minimum atomic E-state index is -0.175. The van der Waals surface area contributed by atoms with Gasteiger partial charge in [0.2, 0.25) is 0 Å². The molecule has 0 aromatic heterocycles. The van der Waals surface area contributed by atoms with E-state index >= 15 is 0 Å². The highest BCUT2D eigenvalue weighted by Crippen LogP contribution is 2.11. The first kappa shape index (κ1) is 20.5. The number of nitrogens with zero attached hydrogens (tertiary/aromatic N) is 1. The number of piperazine rings is 1. The molecule has 1 aliphatic heterocycles. The maximum absolute atomic E-state index is 12.1. The van der Waals surface area contributed by atoms with E-state index < -0.39 is 0 Å². The Hall–Kier alpha value is -1.86. The van der Waals surface area contributed by atoms with Crippen LogP contribution in [0, 0.1) is 0 Å². The molecule has 1 amide bonds. The summed E-state index contributed by atoms with van der Waals surface area (Å²) >= 11 is 5.52. The summed E-state index contributed by atoms with van der Waals surface area (Å²) in [6.07, 6.45) is 0. The Kier molecular flexibility index (Phi) is 7.23. The molecule has 7 heteroatoms. The fourth-order valence-corrected chi connectivity index (χ4v) is 3.18. The molecule has 1 aliphatic rings. The monoisotopic (exact) mass is 379 g/mol. The summed E-state index contributed by atoms with van der Waals surface area (Å²) in [4.78, 5) is 15.5. The summed E-state index contributed by atoms with van der Waals surface area (Å²) in [5, 5.41) is 7.12. The Morgan fingerprint density at radius 2 is 1.85 bits per heavy atom. The fourth-order valence-electron chi connectivity index (χ4n) is 2.93. The Bertz CT molecular complexity index is 605. The third-order valence-electron chi connectivity index (χ3n) is 4.29. The van der Waals surface area contributed by atoms with Gasteiger partial charge in [0.1, 0.15) is 5.75 Å². The third kappa shape index (κ3) is 6.80. The van der Waals surface area contributed by atoms with Gasteiger partial charge < -0.3 is 25.2 Å². The van der Waals surface area contributed by atoms with E-state index in [-0.39, 0.29) is 11.4 Å². The van der Waals surface area contributed by atoms with Crippen LogP contribution < -0.4 is 20.3 Å². The normalized spacial score (nSPS) is 15.5. The molecule has 0 spiro atoms. The van der Waals surface area contributed by atoms with Crippen molar-refractivity contribution >= 4 is 23.2 Å². The Morgan fingerprint density at radius 1 is 1.23 bits per heavy atom. The van der Waals surface area contributed by atoms with Crippen LogP contribution in [0.4, 0.5) is 0 Å². The SMILES string of the molecule is COc1ccc(CNC(=S)N2CC[NH+](CC(=O)NC(C)(C)C)CC2)cc1. The van der Waals surface area contributed by atoms with E-state index in [0.29, 0.717) is 13.1 Å². The van der Waals surface area contributed by atoms with Gasteiger partial charge in [-0.25, -0.2) is 0 Å². The number of benzene rings is 1. The number of thiocarbonyl (C=S) groups is 1. The highest BCUT2D eigenvalue weighted by molar-refractivity contribution is 7.80. The minimum absolute atomic E-state index is 0.112. The van der Waals surface area contributed by atoms with Crippen molar-refractivity contribution in [1.82, 2.24) is 15.5 Å². The number of methoxy groups -OCH3 is 1. The average molecular weight is 380 g/mol. The molecule has 1 aromatic carbocycles. The molecule has 1 heterocycles. The first-order valence-electron chi connectivity index (χ1n) is 9.07. The molecular formula is C19H31N4O2S+. The van der Waals surface area contributed by atoms with Crippen LogP contribution in [0.5, 0.6) is 5.75 Å². The smallest absolute Gasteiger partial charge is 0.275 e. The standard InChI is InChI=1S/C19H30N4O2S/c1-19(2,3)21-17(24)14-22-9-11-23(12-10-22)18(26)20-13-15-5-7-16(25-4)8-6-15/h5-8H,9-14H2,1-4H3,(H,20,26)(H,21,24)/p+1. The summed E-state index contributed by atoms with van der Waals surface area (Å²) in [5.41, 5.74) is 0.988. The van der Waals surface area contributed by atoms with E-state index in [2.05, 4.69) is 15.5 Å². The number of ether oxygens (including phenoxy) is 1. The fraction of sp³-hybridized carbons (Fsp3) is 0.579. The summed E-state index contributed by atoms with van der Waals surface area (Å²) in [6, 6.07) is 7.96. The molecule has 0 aliphatic carbocycles. The highest BCUT2D eigenvalue weighted by Gasteiger charge is 2.24. The van der Waals surface area contributed by atoms with Crippen molar-refractivity contribution in [2.45, 2.75) is 32.9 Å². The van der Waals surface area contributed by atoms with E-state index in [4.69, 9.17) is 17.0 Å². The van der Waals surface area contributed by atoms with Crippen molar-refractivity contribution < 1.29 is 14.4 Å². The minimum Gasteiger partial charge on any atom is -0.497 e. The van der Waals surface area contributed by atoms with Gasteiger partial charge in [-0.2, -0.15) is 0 Å². The van der Waals surface area contributed by atoms with E-state index in [1.807, 2.05) is 45.0 Å². The van der Waals surface area contributed by atoms with Crippen LogP contribution in [-0.2, 0) is 11.3 Å². The van der Waals surface area contributed by atoms with Crippen LogP contribution in [0.3, 0.4) is 0 Å². The second-order valence-electron chi connectivity index (χ2n) is 7.72. The first-order valence-corrected chi connectivity index (χ1v) is 9.48. The zero-order valence-electron chi connectivity index (χ0n) is 16.2. The lowest BCUT2D eigenvalue weighted by atomic mass is 10.1. The molecule has 144 valence electrons. The molecule has 1 fully saturated rings. The molecule has 3 N–H and O–H groups in total. The van der Waals surface area contributed by atoms with Crippen LogP contribution in [0.25, 0.3) is 0 Å². The van der Waals surface area contributed by atoms with E-state index in [1.165, 1.54) is 4.90 Å². The van der Waals surface area contributed by atoms with Gasteiger partial charge in [0.25, 0.3) is 5.91 Å². The van der Waals surface area contributed by atoms with Gasteiger partial charge in [0.15, 0.2) is 11.7 Å². The van der Waals surface area contributed by atoms with Crippen molar-refractivity contribution in [3.8, 4) is 5.75 Å². The highest BCUT2D eigenvalue weighted by atomic mass is 32.1. The molecule has 2 rings (SSSR count). The molecule has 6 nitrogen and oxygen atoms in total. The zero-order chi connectivity index (χ0) is 19.2. The van der Waals surface area contributed by atoms with Crippen LogP contribution in [-0.4, -0.2) is 61.3 Å². The first-order chi connectivity index (χ1) is 12.3. The van der Waals surface area contributed by atoms with Gasteiger partial charge in [0.05, 0.1) is 33.3 Å². The Morgan fingerprint density at radius 3 is 2.38 bits per heavy atom. The van der Waals surface area contributed by atoms with Crippen molar-refractivity contribution in [2.24, 2.45) is 0 Å². The Labute approximate surface area is 161 Å². The second kappa shape index (κ2) is 9.19. The number of quaternary nitrogens is 1. The van der Waals surface area contributed by atoms with Crippen LogP contribution in [0.1, 0.15) is 26.3 Å². The summed E-state index contributed by atoms with van der Waals surface area (Å²) in [6.45, 7) is 10.8.